The van der Waals surface area contributed by atoms with Gasteiger partial charge in [-0.05, 0) is 57.7 Å². The molecular formula is C23H28N6O. The molecule has 0 aliphatic carbocycles. The molecule has 2 aromatic heterocycles. The first kappa shape index (κ1) is 19.2. The van der Waals surface area contributed by atoms with Gasteiger partial charge in [0.2, 0.25) is 0 Å². The van der Waals surface area contributed by atoms with Crippen LogP contribution in [0.15, 0.2) is 18.2 Å². The Balaban J connectivity index is 1.38. The average molecular weight is 405 g/mol. The lowest BCUT2D eigenvalue weighted by molar-refractivity contribution is 0.0703. The van der Waals surface area contributed by atoms with E-state index in [0.717, 1.165) is 66.4 Å². The average Bonchev–Trinajstić information content (AvgIpc) is 3.02. The third kappa shape index (κ3) is 3.46. The number of aromatic nitrogens is 5. The molecule has 156 valence electrons. The summed E-state index contributed by atoms with van der Waals surface area (Å²) in [6.07, 6.45) is 6.69. The summed E-state index contributed by atoms with van der Waals surface area (Å²) in [5.74, 6) is 2.51. The van der Waals surface area contributed by atoms with Crippen LogP contribution in [-0.2, 0) is 13.0 Å². The largest absolute Gasteiger partial charge is 0.338 e. The Hall–Kier alpha value is -2.83. The molecule has 7 heteroatoms. The van der Waals surface area contributed by atoms with E-state index in [1.165, 1.54) is 19.3 Å². The van der Waals surface area contributed by atoms with Crippen LogP contribution in [0, 0.1) is 13.8 Å². The number of piperidine rings is 1. The Labute approximate surface area is 176 Å². The van der Waals surface area contributed by atoms with Gasteiger partial charge in [0, 0.05) is 37.5 Å². The summed E-state index contributed by atoms with van der Waals surface area (Å²) in [7, 11) is 0. The van der Waals surface area contributed by atoms with Gasteiger partial charge < -0.3 is 9.47 Å². The number of hydrogen-bond donors (Lipinski definition) is 0. The Morgan fingerprint density at radius 3 is 2.67 bits per heavy atom. The van der Waals surface area contributed by atoms with Crippen LogP contribution in [0.25, 0.3) is 11.0 Å². The molecule has 2 aliphatic heterocycles. The summed E-state index contributed by atoms with van der Waals surface area (Å²) in [4.78, 5) is 24.5. The zero-order valence-corrected chi connectivity index (χ0v) is 17.8. The molecule has 1 fully saturated rings. The molecule has 1 atom stereocenters. The lowest BCUT2D eigenvalue weighted by atomic mass is 9.96. The Morgan fingerprint density at radius 2 is 1.80 bits per heavy atom. The van der Waals surface area contributed by atoms with Gasteiger partial charge in [-0.2, -0.15) is 0 Å². The van der Waals surface area contributed by atoms with Crippen molar-refractivity contribution in [3.05, 3.63) is 46.8 Å². The molecule has 1 amide bonds. The van der Waals surface area contributed by atoms with Gasteiger partial charge in [-0.15, -0.1) is 10.2 Å². The number of rotatable bonds is 2. The minimum absolute atomic E-state index is 0.0669. The zero-order chi connectivity index (χ0) is 20.7. The van der Waals surface area contributed by atoms with Gasteiger partial charge >= 0.3 is 0 Å². The van der Waals surface area contributed by atoms with Gasteiger partial charge in [0.05, 0.1) is 22.4 Å². The van der Waals surface area contributed by atoms with Gasteiger partial charge in [-0.1, -0.05) is 6.42 Å². The summed E-state index contributed by atoms with van der Waals surface area (Å²) < 4.78 is 2.32. The Morgan fingerprint density at radius 1 is 0.967 bits per heavy atom. The molecule has 1 unspecified atom stereocenters. The summed E-state index contributed by atoms with van der Waals surface area (Å²) in [6, 6.07) is 5.66. The molecule has 30 heavy (non-hydrogen) atoms. The standard InChI is InChI=1S/C23H28N6O/c1-15-16(2)25-20-13-17(9-10-19(20)24-15)23(30)28-11-6-7-18(14-28)22-27-26-21-8-4-3-5-12-29(21)22/h9-10,13,18H,3-8,11-12,14H2,1-2H3. The van der Waals surface area contributed by atoms with Gasteiger partial charge in [0.25, 0.3) is 5.91 Å². The molecule has 0 N–H and O–H groups in total. The van der Waals surface area contributed by atoms with E-state index in [4.69, 9.17) is 0 Å². The molecule has 4 heterocycles. The van der Waals surface area contributed by atoms with Crippen LogP contribution in [-0.4, -0.2) is 48.6 Å². The minimum atomic E-state index is 0.0669. The molecule has 3 aromatic rings. The number of carbonyl (C=O) groups excluding carboxylic acids is 1. The van der Waals surface area contributed by atoms with Crippen molar-refractivity contribution >= 4 is 16.9 Å². The van der Waals surface area contributed by atoms with Crippen LogP contribution in [0.1, 0.15) is 71.4 Å². The summed E-state index contributed by atoms with van der Waals surface area (Å²) in [5.41, 5.74) is 4.11. The maximum absolute atomic E-state index is 13.3. The highest BCUT2D eigenvalue weighted by atomic mass is 16.2. The highest BCUT2D eigenvalue weighted by Crippen LogP contribution is 2.29. The van der Waals surface area contributed by atoms with E-state index in [0.29, 0.717) is 12.1 Å². The van der Waals surface area contributed by atoms with Crippen molar-refractivity contribution in [2.75, 3.05) is 13.1 Å². The highest BCUT2D eigenvalue weighted by molar-refractivity contribution is 5.97. The normalized spacial score (nSPS) is 19.5. The van der Waals surface area contributed by atoms with Crippen molar-refractivity contribution in [1.82, 2.24) is 29.6 Å². The van der Waals surface area contributed by atoms with Crippen LogP contribution in [0.2, 0.25) is 0 Å². The second-order valence-electron chi connectivity index (χ2n) is 8.62. The predicted octanol–water partition coefficient (Wildman–Crippen LogP) is 3.58. The summed E-state index contributed by atoms with van der Waals surface area (Å²) >= 11 is 0. The quantitative estimate of drug-likeness (QED) is 0.652. The van der Waals surface area contributed by atoms with E-state index in [1.54, 1.807) is 0 Å². The number of nitrogens with zero attached hydrogens (tertiary/aromatic N) is 6. The fourth-order valence-electron chi connectivity index (χ4n) is 4.73. The third-order valence-corrected chi connectivity index (χ3v) is 6.53. The van der Waals surface area contributed by atoms with Crippen LogP contribution in [0.4, 0.5) is 0 Å². The Bertz CT molecular complexity index is 1100. The molecule has 7 nitrogen and oxygen atoms in total. The van der Waals surface area contributed by atoms with Crippen LogP contribution < -0.4 is 0 Å². The van der Waals surface area contributed by atoms with E-state index >= 15 is 0 Å². The molecule has 0 radical (unpaired) electrons. The smallest absolute Gasteiger partial charge is 0.253 e. The lowest BCUT2D eigenvalue weighted by Gasteiger charge is -2.32. The topological polar surface area (TPSA) is 76.8 Å². The van der Waals surface area contributed by atoms with Gasteiger partial charge in [-0.3, -0.25) is 4.79 Å². The van der Waals surface area contributed by atoms with E-state index < -0.39 is 0 Å². The molecule has 0 bridgehead atoms. The fraction of sp³-hybridized carbons (Fsp3) is 0.522. The second kappa shape index (κ2) is 7.78. The third-order valence-electron chi connectivity index (χ3n) is 6.53. The van der Waals surface area contributed by atoms with Crippen LogP contribution in [0.3, 0.4) is 0 Å². The van der Waals surface area contributed by atoms with Crippen molar-refractivity contribution in [3.63, 3.8) is 0 Å². The molecule has 5 rings (SSSR count). The van der Waals surface area contributed by atoms with Crippen molar-refractivity contribution in [1.29, 1.82) is 0 Å². The summed E-state index contributed by atoms with van der Waals surface area (Å²) in [5, 5.41) is 9.01. The van der Waals surface area contributed by atoms with Crippen LogP contribution in [0.5, 0.6) is 0 Å². The van der Waals surface area contributed by atoms with Gasteiger partial charge in [0.15, 0.2) is 0 Å². The number of benzene rings is 1. The fourth-order valence-corrected chi connectivity index (χ4v) is 4.73. The number of aryl methyl sites for hydroxylation is 3. The molecule has 0 spiro atoms. The van der Waals surface area contributed by atoms with E-state index in [2.05, 4.69) is 24.7 Å². The number of fused-ring (bicyclic) bond motifs is 2. The van der Waals surface area contributed by atoms with E-state index in [-0.39, 0.29) is 11.8 Å². The lowest BCUT2D eigenvalue weighted by Crippen LogP contribution is -2.39. The van der Waals surface area contributed by atoms with Crippen molar-refractivity contribution in [3.8, 4) is 0 Å². The number of hydrogen-bond acceptors (Lipinski definition) is 5. The first-order chi connectivity index (χ1) is 14.6. The summed E-state index contributed by atoms with van der Waals surface area (Å²) in [6.45, 7) is 6.40. The van der Waals surface area contributed by atoms with E-state index in [9.17, 15) is 4.79 Å². The molecular weight excluding hydrogens is 376 g/mol. The highest BCUT2D eigenvalue weighted by Gasteiger charge is 2.30. The first-order valence-corrected chi connectivity index (χ1v) is 11.1. The van der Waals surface area contributed by atoms with Crippen molar-refractivity contribution < 1.29 is 4.79 Å². The number of carbonyl (C=O) groups is 1. The monoisotopic (exact) mass is 404 g/mol. The van der Waals surface area contributed by atoms with Crippen LogP contribution >= 0.6 is 0 Å². The maximum Gasteiger partial charge on any atom is 0.253 e. The SMILES string of the molecule is Cc1nc2ccc(C(=O)N3CCCC(c4nnc5n4CCCCC5)C3)cc2nc1C. The number of amides is 1. The van der Waals surface area contributed by atoms with Gasteiger partial charge in [-0.25, -0.2) is 9.97 Å². The molecule has 2 aliphatic rings. The second-order valence-corrected chi connectivity index (χ2v) is 8.62. The van der Waals surface area contributed by atoms with Crippen molar-refractivity contribution in [2.24, 2.45) is 0 Å². The molecule has 0 saturated carbocycles. The van der Waals surface area contributed by atoms with E-state index in [1.807, 2.05) is 36.9 Å². The maximum atomic E-state index is 13.3. The predicted molar refractivity (Wildman–Crippen MR) is 114 cm³/mol. The minimum Gasteiger partial charge on any atom is -0.338 e. The zero-order valence-electron chi connectivity index (χ0n) is 17.8. The molecule has 1 aromatic carbocycles. The molecule has 1 saturated heterocycles. The Kier molecular flexibility index (Phi) is 4.97. The number of likely N-dealkylation sites (tertiary alicyclic amines) is 1. The van der Waals surface area contributed by atoms with Crippen molar-refractivity contribution in [2.45, 2.75) is 64.8 Å². The first-order valence-electron chi connectivity index (χ1n) is 11.1. The van der Waals surface area contributed by atoms with Gasteiger partial charge in [0.1, 0.15) is 11.6 Å².